The first kappa shape index (κ1) is 14.7. The summed E-state index contributed by atoms with van der Waals surface area (Å²) in [6.45, 7) is 2.25. The Balaban J connectivity index is 1.89. The molecule has 0 unspecified atom stereocenters. The molecular formula is C14H14Br2N4O. The van der Waals surface area contributed by atoms with Crippen LogP contribution in [0.5, 0.6) is 0 Å². The van der Waals surface area contributed by atoms with Gasteiger partial charge in [-0.1, -0.05) is 18.2 Å². The Morgan fingerprint density at radius 3 is 2.86 bits per heavy atom. The molecule has 2 heterocycles. The Hall–Kier alpha value is -1.21. The molecule has 0 fully saturated rings. The largest absolute Gasteiger partial charge is 0.308 e. The summed E-state index contributed by atoms with van der Waals surface area (Å²) in [5, 5.41) is 4.15. The van der Waals surface area contributed by atoms with Gasteiger partial charge in [0.25, 0.3) is 0 Å². The number of fused-ring (bicyclic) bond motifs is 1. The lowest BCUT2D eigenvalue weighted by atomic mass is 9.96. The van der Waals surface area contributed by atoms with Gasteiger partial charge in [0, 0.05) is 11.7 Å². The second kappa shape index (κ2) is 5.88. The van der Waals surface area contributed by atoms with E-state index in [2.05, 4.69) is 54.9 Å². The van der Waals surface area contributed by atoms with Crippen LogP contribution in [-0.2, 0) is 17.8 Å². The number of halogens is 2. The minimum absolute atomic E-state index is 0.0211. The van der Waals surface area contributed by atoms with Crippen molar-refractivity contribution in [2.45, 2.75) is 32.4 Å². The van der Waals surface area contributed by atoms with E-state index >= 15 is 0 Å². The second-order valence-electron chi connectivity index (χ2n) is 5.09. The Morgan fingerprint density at radius 1 is 1.38 bits per heavy atom. The fourth-order valence-electron chi connectivity index (χ4n) is 2.67. The summed E-state index contributed by atoms with van der Waals surface area (Å²) in [7, 11) is 0. The number of anilines is 1. The molecule has 1 aromatic heterocycles. The molecule has 2 aromatic rings. The van der Waals surface area contributed by atoms with Crippen molar-refractivity contribution < 1.29 is 4.79 Å². The zero-order valence-electron chi connectivity index (χ0n) is 11.5. The predicted octanol–water partition coefficient (Wildman–Crippen LogP) is 3.17. The highest BCUT2D eigenvalue weighted by Gasteiger charge is 2.28. The molecule has 1 atom stereocenters. The lowest BCUT2D eigenvalue weighted by Crippen LogP contribution is -2.43. The normalized spacial score (nSPS) is 17.7. The number of carbonyl (C=O) groups excluding carboxylic acids is 1. The fraction of sp³-hybridized carbons (Fsp3) is 0.357. The number of nitrogens with zero attached hydrogens (tertiary/aromatic N) is 4. The molecule has 1 amide bonds. The molecular weight excluding hydrogens is 400 g/mol. The summed E-state index contributed by atoms with van der Waals surface area (Å²) in [6, 6.07) is 8.28. The van der Waals surface area contributed by atoms with Crippen LogP contribution in [-0.4, -0.2) is 26.7 Å². The first-order valence-corrected chi connectivity index (χ1v) is 8.30. The van der Waals surface area contributed by atoms with Crippen molar-refractivity contribution in [3.05, 3.63) is 39.3 Å². The van der Waals surface area contributed by atoms with Crippen molar-refractivity contribution in [2.24, 2.45) is 0 Å². The quantitative estimate of drug-likeness (QED) is 0.759. The standard InChI is InChI=1S/C14H14Br2N4O/c1-9-6-7-10-4-2-3-5-11(10)20(9)12(21)8-19-14(16)17-13(15)18-19/h2-5,9H,6-8H2,1H3/t9-/m0/s1. The average Bonchev–Trinajstić information content (AvgIpc) is 2.76. The van der Waals surface area contributed by atoms with Crippen LogP contribution in [0.2, 0.25) is 0 Å². The zero-order valence-corrected chi connectivity index (χ0v) is 14.6. The molecule has 0 aliphatic carbocycles. The molecule has 0 saturated carbocycles. The maximum atomic E-state index is 12.7. The van der Waals surface area contributed by atoms with Gasteiger partial charge in [0.15, 0.2) is 4.73 Å². The van der Waals surface area contributed by atoms with Gasteiger partial charge in [0.05, 0.1) is 0 Å². The van der Waals surface area contributed by atoms with Crippen LogP contribution in [0.1, 0.15) is 18.9 Å². The van der Waals surface area contributed by atoms with E-state index in [4.69, 9.17) is 0 Å². The minimum atomic E-state index is 0.0211. The van der Waals surface area contributed by atoms with Gasteiger partial charge in [-0.3, -0.25) is 4.79 Å². The van der Waals surface area contributed by atoms with Gasteiger partial charge in [-0.2, -0.15) is 4.98 Å². The van der Waals surface area contributed by atoms with E-state index in [0.717, 1.165) is 18.5 Å². The van der Waals surface area contributed by atoms with E-state index in [9.17, 15) is 4.79 Å². The van der Waals surface area contributed by atoms with Crippen molar-refractivity contribution in [3.63, 3.8) is 0 Å². The Bertz CT molecular complexity index is 685. The molecule has 110 valence electrons. The van der Waals surface area contributed by atoms with Crippen molar-refractivity contribution in [3.8, 4) is 0 Å². The molecule has 21 heavy (non-hydrogen) atoms. The van der Waals surface area contributed by atoms with Crippen LogP contribution in [0.4, 0.5) is 5.69 Å². The zero-order chi connectivity index (χ0) is 15.0. The van der Waals surface area contributed by atoms with Crippen LogP contribution < -0.4 is 4.90 Å². The smallest absolute Gasteiger partial charge is 0.249 e. The SMILES string of the molecule is C[C@H]1CCc2ccccc2N1C(=O)Cn1nc(Br)nc1Br. The molecule has 7 heteroatoms. The Kier molecular flexibility index (Phi) is 4.12. The Morgan fingerprint density at radius 2 is 2.14 bits per heavy atom. The maximum Gasteiger partial charge on any atom is 0.249 e. The van der Waals surface area contributed by atoms with E-state index in [1.165, 1.54) is 5.56 Å². The average molecular weight is 414 g/mol. The number of aryl methyl sites for hydroxylation is 1. The van der Waals surface area contributed by atoms with Crippen LogP contribution >= 0.6 is 31.9 Å². The minimum Gasteiger partial charge on any atom is -0.308 e. The van der Waals surface area contributed by atoms with Crippen molar-refractivity contribution in [1.29, 1.82) is 0 Å². The third kappa shape index (κ3) is 2.89. The van der Waals surface area contributed by atoms with Crippen molar-refractivity contribution in [2.75, 3.05) is 4.90 Å². The first-order chi connectivity index (χ1) is 10.1. The highest BCUT2D eigenvalue weighted by molar-refractivity contribution is 9.11. The van der Waals surface area contributed by atoms with Crippen LogP contribution in [0.3, 0.4) is 0 Å². The summed E-state index contributed by atoms with van der Waals surface area (Å²) in [4.78, 5) is 18.7. The van der Waals surface area contributed by atoms with Crippen LogP contribution in [0.25, 0.3) is 0 Å². The summed E-state index contributed by atoms with van der Waals surface area (Å²) in [6.07, 6.45) is 1.99. The molecule has 1 aliphatic rings. The van der Waals surface area contributed by atoms with Crippen LogP contribution in [0.15, 0.2) is 33.7 Å². The number of amides is 1. The fourth-order valence-corrected chi connectivity index (χ4v) is 3.64. The number of hydrogen-bond donors (Lipinski definition) is 0. The summed E-state index contributed by atoms with van der Waals surface area (Å²) in [5.74, 6) is 0.0211. The molecule has 0 radical (unpaired) electrons. The number of benzene rings is 1. The number of hydrogen-bond acceptors (Lipinski definition) is 3. The number of para-hydroxylation sites is 1. The van der Waals surface area contributed by atoms with Gasteiger partial charge in [0.2, 0.25) is 10.6 Å². The molecule has 0 saturated heterocycles. The Labute approximate surface area is 139 Å². The van der Waals surface area contributed by atoms with E-state index in [0.29, 0.717) is 9.47 Å². The van der Waals surface area contributed by atoms with E-state index in [1.54, 1.807) is 4.68 Å². The molecule has 5 nitrogen and oxygen atoms in total. The summed E-state index contributed by atoms with van der Waals surface area (Å²) < 4.78 is 2.56. The summed E-state index contributed by atoms with van der Waals surface area (Å²) in [5.41, 5.74) is 2.24. The van der Waals surface area contributed by atoms with Gasteiger partial charge in [-0.05, 0) is 63.3 Å². The number of aromatic nitrogens is 3. The monoisotopic (exact) mass is 412 g/mol. The molecule has 0 spiro atoms. The molecule has 1 aromatic carbocycles. The van der Waals surface area contributed by atoms with Crippen molar-refractivity contribution >= 4 is 43.5 Å². The highest BCUT2D eigenvalue weighted by atomic mass is 79.9. The van der Waals surface area contributed by atoms with Gasteiger partial charge in [0.1, 0.15) is 6.54 Å². The topological polar surface area (TPSA) is 51.0 Å². The van der Waals surface area contributed by atoms with Gasteiger partial charge >= 0.3 is 0 Å². The maximum absolute atomic E-state index is 12.7. The van der Waals surface area contributed by atoms with E-state index in [1.807, 2.05) is 23.1 Å². The van der Waals surface area contributed by atoms with Gasteiger partial charge in [-0.15, -0.1) is 5.10 Å². The first-order valence-electron chi connectivity index (χ1n) is 6.72. The molecule has 0 bridgehead atoms. The van der Waals surface area contributed by atoms with Crippen molar-refractivity contribution in [1.82, 2.24) is 14.8 Å². The lowest BCUT2D eigenvalue weighted by molar-refractivity contribution is -0.119. The van der Waals surface area contributed by atoms with Gasteiger partial charge in [-0.25, -0.2) is 4.68 Å². The van der Waals surface area contributed by atoms with E-state index < -0.39 is 0 Å². The molecule has 1 aliphatic heterocycles. The number of carbonyl (C=O) groups is 1. The molecule has 0 N–H and O–H groups in total. The third-order valence-electron chi connectivity index (χ3n) is 3.68. The molecule has 3 rings (SSSR count). The number of rotatable bonds is 2. The predicted molar refractivity (Wildman–Crippen MR) is 87.1 cm³/mol. The van der Waals surface area contributed by atoms with Gasteiger partial charge < -0.3 is 4.90 Å². The van der Waals surface area contributed by atoms with E-state index in [-0.39, 0.29) is 18.5 Å². The highest BCUT2D eigenvalue weighted by Crippen LogP contribution is 2.30. The second-order valence-corrected chi connectivity index (χ2v) is 6.51. The third-order valence-corrected chi connectivity index (χ3v) is 4.60. The summed E-state index contributed by atoms with van der Waals surface area (Å²) >= 11 is 6.51. The van der Waals surface area contributed by atoms with Crippen LogP contribution in [0, 0.1) is 0 Å². The lowest BCUT2D eigenvalue weighted by Gasteiger charge is -2.35.